The van der Waals surface area contributed by atoms with E-state index in [2.05, 4.69) is 45.5 Å². The second-order valence-electron chi connectivity index (χ2n) is 10.5. The van der Waals surface area contributed by atoms with E-state index < -0.39 is 5.82 Å². The average molecular weight is 581 g/mol. The van der Waals surface area contributed by atoms with E-state index in [1.165, 1.54) is 18.3 Å². The topological polar surface area (TPSA) is 113 Å². The molecule has 1 N–H and O–H groups in total. The van der Waals surface area contributed by atoms with Crippen molar-refractivity contribution < 1.29 is 18.7 Å². The molecule has 0 spiro atoms. The number of aromatic amines is 1. The molecule has 0 saturated carbocycles. The predicted octanol–water partition coefficient (Wildman–Crippen LogP) is 4.04. The Morgan fingerprint density at radius 1 is 1.22 bits per heavy atom. The maximum Gasteiger partial charge on any atom is 0.319 e. The number of likely N-dealkylation sites (tertiary alicyclic amines) is 1. The van der Waals surface area contributed by atoms with Crippen LogP contribution in [0.3, 0.4) is 0 Å². The molecule has 2 aliphatic heterocycles. The number of amides is 1. The SMILES string of the molecule is C=CC(=O)N1CCN(c2nc(O[C@@H]3CCN(C)CC3C)nc3c(Oc4c(Cl)c(F)cc5[nH]ncc45)nccc23)CC1. The largest absolute Gasteiger partial charge is 0.460 e. The number of ether oxygens (including phenoxy) is 2. The molecule has 1 aromatic carbocycles. The molecule has 13 heteroatoms. The van der Waals surface area contributed by atoms with Crippen LogP contribution in [-0.2, 0) is 4.79 Å². The van der Waals surface area contributed by atoms with Gasteiger partial charge in [0.2, 0.25) is 11.8 Å². The van der Waals surface area contributed by atoms with Gasteiger partial charge in [0, 0.05) is 57.4 Å². The fraction of sp³-hybridized carbons (Fsp3) is 0.393. The van der Waals surface area contributed by atoms with E-state index in [4.69, 9.17) is 31.0 Å². The molecule has 5 heterocycles. The lowest BCUT2D eigenvalue weighted by Gasteiger charge is -2.36. The Balaban J connectivity index is 1.42. The van der Waals surface area contributed by atoms with E-state index in [0.717, 1.165) is 19.5 Å². The van der Waals surface area contributed by atoms with Crippen molar-refractivity contribution in [2.45, 2.75) is 19.4 Å². The minimum atomic E-state index is -0.652. The number of fused-ring (bicyclic) bond motifs is 2. The molecule has 0 bridgehead atoms. The highest BCUT2D eigenvalue weighted by Crippen LogP contribution is 2.40. The highest BCUT2D eigenvalue weighted by molar-refractivity contribution is 6.33. The summed E-state index contributed by atoms with van der Waals surface area (Å²) in [5.41, 5.74) is 0.833. The van der Waals surface area contributed by atoms with Gasteiger partial charge in [-0.25, -0.2) is 9.37 Å². The first-order valence-electron chi connectivity index (χ1n) is 13.5. The molecule has 0 radical (unpaired) electrons. The molecule has 6 rings (SSSR count). The van der Waals surface area contributed by atoms with Crippen molar-refractivity contribution in [3.05, 3.63) is 48.0 Å². The van der Waals surface area contributed by atoms with Gasteiger partial charge in [-0.05, 0) is 25.6 Å². The van der Waals surface area contributed by atoms with Gasteiger partial charge in [-0.3, -0.25) is 9.89 Å². The van der Waals surface area contributed by atoms with Crippen LogP contribution in [-0.4, -0.2) is 93.3 Å². The highest BCUT2D eigenvalue weighted by Gasteiger charge is 2.29. The lowest BCUT2D eigenvalue weighted by Crippen LogP contribution is -2.48. The Morgan fingerprint density at radius 3 is 2.78 bits per heavy atom. The van der Waals surface area contributed by atoms with Crippen LogP contribution in [0.4, 0.5) is 10.2 Å². The number of H-pyrrole nitrogens is 1. The van der Waals surface area contributed by atoms with Crippen molar-refractivity contribution in [1.82, 2.24) is 34.9 Å². The number of halogens is 2. The molecule has 0 aliphatic carbocycles. The molecular formula is C28H30ClFN8O3. The fourth-order valence-corrected chi connectivity index (χ4v) is 5.67. The molecular weight excluding hydrogens is 551 g/mol. The van der Waals surface area contributed by atoms with Gasteiger partial charge in [0.15, 0.2) is 5.75 Å². The van der Waals surface area contributed by atoms with E-state index in [9.17, 15) is 9.18 Å². The molecule has 2 saturated heterocycles. The average Bonchev–Trinajstić information content (AvgIpc) is 3.44. The van der Waals surface area contributed by atoms with Crippen molar-refractivity contribution >= 4 is 45.1 Å². The Morgan fingerprint density at radius 2 is 2.02 bits per heavy atom. The third-order valence-corrected chi connectivity index (χ3v) is 8.04. The smallest absolute Gasteiger partial charge is 0.319 e. The summed E-state index contributed by atoms with van der Waals surface area (Å²) in [6.07, 6.45) is 5.20. The summed E-state index contributed by atoms with van der Waals surface area (Å²) in [5.74, 6) is 0.370. The lowest BCUT2D eigenvalue weighted by atomic mass is 9.97. The number of aromatic nitrogens is 5. The number of hydrogen-bond donors (Lipinski definition) is 1. The van der Waals surface area contributed by atoms with Gasteiger partial charge in [0.25, 0.3) is 0 Å². The fourth-order valence-electron chi connectivity index (χ4n) is 5.47. The number of piperidine rings is 1. The third kappa shape index (κ3) is 5.24. The number of benzene rings is 1. The summed E-state index contributed by atoms with van der Waals surface area (Å²) < 4.78 is 27.2. The van der Waals surface area contributed by atoms with Gasteiger partial charge >= 0.3 is 6.01 Å². The van der Waals surface area contributed by atoms with Crippen molar-refractivity contribution in [1.29, 1.82) is 0 Å². The zero-order valence-electron chi connectivity index (χ0n) is 22.8. The number of carbonyl (C=O) groups excluding carboxylic acids is 1. The molecule has 2 aliphatic rings. The number of anilines is 1. The first kappa shape index (κ1) is 27.2. The van der Waals surface area contributed by atoms with E-state index >= 15 is 0 Å². The molecule has 1 unspecified atom stereocenters. The minimum absolute atomic E-state index is 0.0668. The van der Waals surface area contributed by atoms with Crippen molar-refractivity contribution in [3.8, 4) is 17.6 Å². The third-order valence-electron chi connectivity index (χ3n) is 7.68. The molecule has 214 valence electrons. The van der Waals surface area contributed by atoms with Crippen LogP contribution < -0.4 is 14.4 Å². The number of rotatable bonds is 6. The van der Waals surface area contributed by atoms with Gasteiger partial charge < -0.3 is 24.2 Å². The van der Waals surface area contributed by atoms with E-state index in [1.54, 1.807) is 17.2 Å². The Labute approximate surface area is 240 Å². The van der Waals surface area contributed by atoms with Crippen LogP contribution in [0.25, 0.3) is 21.8 Å². The van der Waals surface area contributed by atoms with Crippen LogP contribution in [0.15, 0.2) is 37.2 Å². The second-order valence-corrected chi connectivity index (χ2v) is 10.9. The van der Waals surface area contributed by atoms with Gasteiger partial charge in [-0.2, -0.15) is 15.1 Å². The number of pyridine rings is 1. The first-order chi connectivity index (χ1) is 19.8. The summed E-state index contributed by atoms with van der Waals surface area (Å²) in [6, 6.07) is 3.27. The maximum absolute atomic E-state index is 14.6. The molecule has 2 atom stereocenters. The molecule has 3 aromatic heterocycles. The molecule has 1 amide bonds. The monoisotopic (exact) mass is 580 g/mol. The summed E-state index contributed by atoms with van der Waals surface area (Å²) >= 11 is 6.34. The number of nitrogens with zero attached hydrogens (tertiary/aromatic N) is 7. The predicted molar refractivity (Wildman–Crippen MR) is 153 cm³/mol. The molecule has 4 aromatic rings. The Bertz CT molecular complexity index is 1620. The summed E-state index contributed by atoms with van der Waals surface area (Å²) in [5, 5.41) is 7.74. The maximum atomic E-state index is 14.6. The summed E-state index contributed by atoms with van der Waals surface area (Å²) in [6.45, 7) is 9.70. The zero-order chi connectivity index (χ0) is 28.7. The highest BCUT2D eigenvalue weighted by atomic mass is 35.5. The minimum Gasteiger partial charge on any atom is -0.460 e. The van der Waals surface area contributed by atoms with Crippen LogP contribution >= 0.6 is 11.6 Å². The molecule has 11 nitrogen and oxygen atoms in total. The summed E-state index contributed by atoms with van der Waals surface area (Å²) in [4.78, 5) is 32.3. The van der Waals surface area contributed by atoms with Crippen LogP contribution in [0.1, 0.15) is 13.3 Å². The van der Waals surface area contributed by atoms with Crippen LogP contribution in [0.5, 0.6) is 17.6 Å². The number of hydrogen-bond acceptors (Lipinski definition) is 9. The number of nitrogens with one attached hydrogen (secondary N) is 1. The van der Waals surface area contributed by atoms with Crippen molar-refractivity contribution in [2.75, 3.05) is 51.2 Å². The quantitative estimate of drug-likeness (QED) is 0.338. The molecule has 41 heavy (non-hydrogen) atoms. The second kappa shape index (κ2) is 11.1. The van der Waals surface area contributed by atoms with E-state index in [-0.39, 0.29) is 40.6 Å². The Kier molecular flexibility index (Phi) is 7.35. The molecule has 2 fully saturated rings. The van der Waals surface area contributed by atoms with Gasteiger partial charge in [0.1, 0.15) is 28.3 Å². The van der Waals surface area contributed by atoms with Crippen LogP contribution in [0.2, 0.25) is 5.02 Å². The summed E-state index contributed by atoms with van der Waals surface area (Å²) in [7, 11) is 2.10. The Hall–Kier alpha value is -4.03. The standard InChI is InChI=1S/C28H30ClFN8O3/c1-4-22(39)37-9-11-38(12-10-37)26-17-5-7-31-27(41-25-18-14-32-35-20(18)13-19(30)23(25)29)24(17)33-28(34-26)40-21-6-8-36(3)15-16(21)2/h4-5,7,13-14,16,21H,1,6,8-12,15H2,2-3H3,(H,32,35)/t16?,21-/m1/s1. The lowest BCUT2D eigenvalue weighted by molar-refractivity contribution is -0.126. The van der Waals surface area contributed by atoms with Gasteiger partial charge in [0.05, 0.1) is 22.5 Å². The van der Waals surface area contributed by atoms with Gasteiger partial charge in [-0.1, -0.05) is 25.1 Å². The normalized spacial score (nSPS) is 20.0. The van der Waals surface area contributed by atoms with Gasteiger partial charge in [-0.15, -0.1) is 0 Å². The number of carbonyl (C=O) groups is 1. The number of piperazine rings is 1. The van der Waals surface area contributed by atoms with Crippen molar-refractivity contribution in [3.63, 3.8) is 0 Å². The first-order valence-corrected chi connectivity index (χ1v) is 13.9. The van der Waals surface area contributed by atoms with Crippen LogP contribution in [0, 0.1) is 11.7 Å². The van der Waals surface area contributed by atoms with E-state index in [1.807, 2.05) is 0 Å². The zero-order valence-corrected chi connectivity index (χ0v) is 23.6. The van der Waals surface area contributed by atoms with E-state index in [0.29, 0.717) is 53.8 Å². The van der Waals surface area contributed by atoms with Crippen molar-refractivity contribution in [2.24, 2.45) is 5.92 Å².